The lowest BCUT2D eigenvalue weighted by Gasteiger charge is -2.18. The molecule has 1 aliphatic rings. The third-order valence-corrected chi connectivity index (χ3v) is 5.07. The Morgan fingerprint density at radius 1 is 1.25 bits per heavy atom. The number of ketones is 3. The maximum atomic E-state index is 12.4. The maximum absolute atomic E-state index is 12.4. The van der Waals surface area contributed by atoms with Crippen molar-refractivity contribution in [3.8, 4) is 0 Å². The molecule has 1 aromatic heterocycles. The second kappa shape index (κ2) is 8.65. The Hall–Kier alpha value is -3.21. The number of aromatic nitrogens is 1. The van der Waals surface area contributed by atoms with E-state index in [0.29, 0.717) is 6.42 Å². The number of hydrogen-bond acceptors (Lipinski definition) is 9. The van der Waals surface area contributed by atoms with Crippen molar-refractivity contribution in [2.24, 2.45) is 5.92 Å². The Morgan fingerprint density at radius 2 is 1.89 bits per heavy atom. The number of nitro groups is 1. The van der Waals surface area contributed by atoms with Crippen LogP contribution in [0.3, 0.4) is 0 Å². The number of Topliss-reactive ketones (excluding diaryl/α,β-unsaturated/α-hetero) is 3. The fourth-order valence-electron chi connectivity index (χ4n) is 2.63. The molecule has 3 rings (SSSR count). The molecule has 1 fully saturated rings. The molecule has 1 aliphatic carbocycles. The first kappa shape index (κ1) is 21.1. The molecular formula is C17H16N2O8S. The Balaban J connectivity index is 0.000000485. The van der Waals surface area contributed by atoms with Crippen molar-refractivity contribution < 1.29 is 32.2 Å². The Bertz CT molecular complexity index is 979. The zero-order valence-corrected chi connectivity index (χ0v) is 15.5. The molecule has 1 heterocycles. The zero-order valence-electron chi connectivity index (χ0n) is 14.7. The largest absolute Gasteiger partial charge is 0.365 e. The van der Waals surface area contributed by atoms with Gasteiger partial charge in [0.1, 0.15) is 12.2 Å². The number of hydrogen-bond donors (Lipinski definition) is 0. The molecular weight excluding hydrogens is 392 g/mol. The van der Waals surface area contributed by atoms with Gasteiger partial charge in [0.15, 0.2) is 27.2 Å². The summed E-state index contributed by atoms with van der Waals surface area (Å²) in [5.74, 6) is -3.61. The molecule has 1 aromatic carbocycles. The van der Waals surface area contributed by atoms with E-state index in [1.54, 1.807) is 12.3 Å². The summed E-state index contributed by atoms with van der Waals surface area (Å²) in [5, 5.41) is 14.5. The minimum absolute atomic E-state index is 0.0668. The molecule has 28 heavy (non-hydrogen) atoms. The highest BCUT2D eigenvalue weighted by Gasteiger charge is 2.39. The first-order valence-corrected chi connectivity index (χ1v) is 9.94. The van der Waals surface area contributed by atoms with Crippen molar-refractivity contribution in [1.29, 1.82) is 0 Å². The minimum atomic E-state index is -3.70. The molecule has 0 amide bonds. The van der Waals surface area contributed by atoms with Crippen LogP contribution >= 0.6 is 0 Å². The highest BCUT2D eigenvalue weighted by molar-refractivity contribution is 7.90. The van der Waals surface area contributed by atoms with Crippen molar-refractivity contribution in [3.63, 3.8) is 0 Å². The van der Waals surface area contributed by atoms with Gasteiger partial charge < -0.3 is 4.52 Å². The van der Waals surface area contributed by atoms with Crippen LogP contribution < -0.4 is 0 Å². The molecule has 10 nitrogen and oxygen atoms in total. The lowest BCUT2D eigenvalue weighted by atomic mass is 9.81. The van der Waals surface area contributed by atoms with E-state index in [0.717, 1.165) is 24.5 Å². The first-order chi connectivity index (χ1) is 13.1. The summed E-state index contributed by atoms with van der Waals surface area (Å²) in [5.41, 5.74) is -1.17. The third-order valence-electron chi connectivity index (χ3n) is 3.96. The minimum Gasteiger partial charge on any atom is -0.365 e. The van der Waals surface area contributed by atoms with Gasteiger partial charge in [-0.2, -0.15) is 0 Å². The van der Waals surface area contributed by atoms with Crippen LogP contribution in [0.2, 0.25) is 0 Å². The van der Waals surface area contributed by atoms with E-state index in [-0.39, 0.29) is 17.7 Å². The molecule has 0 bridgehead atoms. The topological polar surface area (TPSA) is 155 Å². The average Bonchev–Trinajstić information content (AvgIpc) is 3.20. The van der Waals surface area contributed by atoms with Gasteiger partial charge in [-0.25, -0.2) is 8.42 Å². The third kappa shape index (κ3) is 4.94. The zero-order chi connectivity index (χ0) is 20.9. The van der Waals surface area contributed by atoms with Crippen molar-refractivity contribution in [1.82, 2.24) is 5.16 Å². The van der Waals surface area contributed by atoms with Crippen LogP contribution in [0.25, 0.3) is 0 Å². The standard InChI is InChI=1S/C14H13NO7S.C3H3NO/c1-23(21,22)8-5-6-9(10(7-8)15(19)20)14(18)13-11(16)3-2-4-12(13)17;1-2-4-5-3-1/h5-7,13H,2-4H2,1H3;1-3H. The molecule has 0 atom stereocenters. The van der Waals surface area contributed by atoms with Gasteiger partial charge in [-0.05, 0) is 24.6 Å². The molecule has 2 aromatic rings. The maximum Gasteiger partial charge on any atom is 0.281 e. The molecule has 0 aliphatic heterocycles. The second-order valence-corrected chi connectivity index (χ2v) is 8.00. The Morgan fingerprint density at radius 3 is 2.32 bits per heavy atom. The number of carbonyl (C=O) groups is 3. The predicted molar refractivity (Wildman–Crippen MR) is 94.4 cm³/mol. The molecule has 1 saturated carbocycles. The van der Waals surface area contributed by atoms with Crippen LogP contribution in [0.4, 0.5) is 5.69 Å². The van der Waals surface area contributed by atoms with E-state index in [9.17, 15) is 32.9 Å². The lowest BCUT2D eigenvalue weighted by molar-refractivity contribution is -0.385. The molecule has 0 unspecified atom stereocenters. The summed E-state index contributed by atoms with van der Waals surface area (Å²) in [6.07, 6.45) is 4.47. The number of rotatable bonds is 4. The Kier molecular flexibility index (Phi) is 6.52. The van der Waals surface area contributed by atoms with Crippen LogP contribution in [-0.4, -0.2) is 42.1 Å². The van der Waals surface area contributed by atoms with Gasteiger partial charge in [-0.1, -0.05) is 5.16 Å². The molecule has 0 radical (unpaired) electrons. The number of nitro benzene ring substituents is 1. The van der Waals surface area contributed by atoms with E-state index < -0.39 is 49.3 Å². The van der Waals surface area contributed by atoms with E-state index in [4.69, 9.17) is 0 Å². The number of carbonyl (C=O) groups excluding carboxylic acids is 3. The van der Waals surface area contributed by atoms with Crippen LogP contribution in [0.1, 0.15) is 29.6 Å². The van der Waals surface area contributed by atoms with Crippen molar-refractivity contribution in [3.05, 3.63) is 52.4 Å². The van der Waals surface area contributed by atoms with E-state index in [1.807, 2.05) is 0 Å². The van der Waals surface area contributed by atoms with E-state index in [2.05, 4.69) is 9.68 Å². The van der Waals surface area contributed by atoms with Crippen LogP contribution in [0, 0.1) is 16.0 Å². The summed E-state index contributed by atoms with van der Waals surface area (Å²) in [6.45, 7) is 0. The molecule has 0 spiro atoms. The smallest absolute Gasteiger partial charge is 0.281 e. The second-order valence-electron chi connectivity index (χ2n) is 5.98. The number of sulfone groups is 1. The fraction of sp³-hybridized carbons (Fsp3) is 0.294. The normalized spacial score (nSPS) is 14.9. The highest BCUT2D eigenvalue weighted by atomic mass is 32.2. The van der Waals surface area contributed by atoms with Crippen LogP contribution in [0.5, 0.6) is 0 Å². The summed E-state index contributed by atoms with van der Waals surface area (Å²) in [6, 6.07) is 4.51. The number of nitrogens with zero attached hydrogens (tertiary/aromatic N) is 2. The van der Waals surface area contributed by atoms with Crippen LogP contribution in [0.15, 0.2) is 46.1 Å². The van der Waals surface area contributed by atoms with Gasteiger partial charge in [0.25, 0.3) is 5.69 Å². The average molecular weight is 408 g/mol. The summed E-state index contributed by atoms with van der Waals surface area (Å²) in [7, 11) is -3.70. The molecule has 148 valence electrons. The summed E-state index contributed by atoms with van der Waals surface area (Å²) in [4.78, 5) is 46.0. The van der Waals surface area contributed by atoms with Crippen molar-refractivity contribution >= 4 is 32.9 Å². The van der Waals surface area contributed by atoms with Gasteiger partial charge in [-0.3, -0.25) is 24.5 Å². The number of benzene rings is 1. The lowest BCUT2D eigenvalue weighted by Crippen LogP contribution is -2.35. The highest BCUT2D eigenvalue weighted by Crippen LogP contribution is 2.28. The predicted octanol–water partition coefficient (Wildman–Crippen LogP) is 1.79. The van der Waals surface area contributed by atoms with Gasteiger partial charge in [0.2, 0.25) is 0 Å². The van der Waals surface area contributed by atoms with Gasteiger partial charge >= 0.3 is 0 Å². The van der Waals surface area contributed by atoms with Crippen molar-refractivity contribution in [2.45, 2.75) is 24.2 Å². The van der Waals surface area contributed by atoms with Gasteiger partial charge in [0.05, 0.1) is 21.6 Å². The van der Waals surface area contributed by atoms with Gasteiger partial charge in [0, 0.05) is 25.2 Å². The van der Waals surface area contributed by atoms with Gasteiger partial charge in [-0.15, -0.1) is 0 Å². The monoisotopic (exact) mass is 408 g/mol. The Labute approximate surface area is 159 Å². The quantitative estimate of drug-likeness (QED) is 0.318. The van der Waals surface area contributed by atoms with Crippen molar-refractivity contribution in [2.75, 3.05) is 6.26 Å². The summed E-state index contributed by atoms with van der Waals surface area (Å²) < 4.78 is 27.3. The van der Waals surface area contributed by atoms with E-state index >= 15 is 0 Å². The van der Waals surface area contributed by atoms with Crippen LogP contribution in [-0.2, 0) is 19.4 Å². The molecule has 0 N–H and O–H groups in total. The van der Waals surface area contributed by atoms with E-state index in [1.165, 1.54) is 6.26 Å². The first-order valence-electron chi connectivity index (χ1n) is 8.05. The summed E-state index contributed by atoms with van der Waals surface area (Å²) >= 11 is 0. The molecule has 0 saturated heterocycles. The fourth-order valence-corrected chi connectivity index (χ4v) is 3.27. The molecule has 11 heteroatoms. The SMILES string of the molecule is CS(=O)(=O)c1ccc(C(=O)C2C(=O)CCCC2=O)c([N+](=O)[O-])c1.c1cnoc1.